The van der Waals surface area contributed by atoms with Crippen molar-refractivity contribution in [2.45, 2.75) is 26.7 Å². The van der Waals surface area contributed by atoms with Crippen molar-refractivity contribution in [3.05, 3.63) is 59.4 Å². The molecule has 6 nitrogen and oxygen atoms in total. The van der Waals surface area contributed by atoms with Crippen molar-refractivity contribution in [3.8, 4) is 0 Å². The third kappa shape index (κ3) is 5.13. The molecule has 1 aromatic carbocycles. The number of pyridine rings is 1. The first kappa shape index (κ1) is 20.8. The second-order valence-corrected chi connectivity index (χ2v) is 7.66. The summed E-state index contributed by atoms with van der Waals surface area (Å²) >= 11 is 0. The Morgan fingerprint density at radius 2 is 1.79 bits per heavy atom. The van der Waals surface area contributed by atoms with Crippen LogP contribution in [-0.2, 0) is 0 Å². The number of aryl methyl sites for hydroxylation is 1. The number of piperazine rings is 1. The van der Waals surface area contributed by atoms with Crippen LogP contribution in [0.25, 0.3) is 0 Å². The molecule has 29 heavy (non-hydrogen) atoms. The number of carbonyl (C=O) groups is 2. The summed E-state index contributed by atoms with van der Waals surface area (Å²) in [6.07, 6.45) is 5.08. The zero-order valence-corrected chi connectivity index (χ0v) is 17.6. The van der Waals surface area contributed by atoms with Crippen molar-refractivity contribution >= 4 is 17.5 Å². The Morgan fingerprint density at radius 3 is 2.48 bits per heavy atom. The lowest BCUT2D eigenvalue weighted by Crippen LogP contribution is -2.48. The highest BCUT2D eigenvalue weighted by Gasteiger charge is 2.23. The van der Waals surface area contributed by atoms with Gasteiger partial charge in [-0.25, -0.2) is 0 Å². The van der Waals surface area contributed by atoms with Crippen LogP contribution in [0.3, 0.4) is 0 Å². The van der Waals surface area contributed by atoms with E-state index in [1.54, 1.807) is 24.2 Å². The van der Waals surface area contributed by atoms with Gasteiger partial charge in [0.1, 0.15) is 0 Å². The van der Waals surface area contributed by atoms with E-state index in [0.717, 1.165) is 25.9 Å². The molecular formula is C23H30N4O2. The first-order valence-electron chi connectivity index (χ1n) is 10.3. The lowest BCUT2D eigenvalue weighted by atomic mass is 10.1. The van der Waals surface area contributed by atoms with Crippen LogP contribution in [0.1, 0.15) is 46.0 Å². The Kier molecular flexibility index (Phi) is 6.86. The number of amides is 2. The first-order chi connectivity index (χ1) is 14.0. The van der Waals surface area contributed by atoms with E-state index >= 15 is 0 Å². The molecule has 0 saturated carbocycles. The molecule has 0 N–H and O–H groups in total. The van der Waals surface area contributed by atoms with Crippen LogP contribution in [-0.4, -0.2) is 66.4 Å². The normalized spacial score (nSPS) is 14.0. The smallest absolute Gasteiger partial charge is 0.255 e. The molecule has 2 amide bonds. The highest BCUT2D eigenvalue weighted by atomic mass is 16.2. The highest BCUT2D eigenvalue weighted by molar-refractivity contribution is 5.99. The van der Waals surface area contributed by atoms with E-state index in [-0.39, 0.29) is 11.8 Å². The summed E-state index contributed by atoms with van der Waals surface area (Å²) < 4.78 is 0. The van der Waals surface area contributed by atoms with E-state index in [0.29, 0.717) is 30.8 Å². The van der Waals surface area contributed by atoms with Gasteiger partial charge in [-0.1, -0.05) is 25.5 Å². The summed E-state index contributed by atoms with van der Waals surface area (Å²) in [6, 6.07) is 10.1. The number of aromatic nitrogens is 1. The van der Waals surface area contributed by atoms with E-state index in [2.05, 4.69) is 48.0 Å². The first-order valence-corrected chi connectivity index (χ1v) is 10.3. The van der Waals surface area contributed by atoms with Crippen molar-refractivity contribution < 1.29 is 9.59 Å². The van der Waals surface area contributed by atoms with E-state index in [1.165, 1.54) is 17.4 Å². The number of unbranched alkanes of at least 4 members (excludes halogenated alkanes) is 1. The van der Waals surface area contributed by atoms with Crippen molar-refractivity contribution in [1.29, 1.82) is 0 Å². The lowest BCUT2D eigenvalue weighted by Gasteiger charge is -2.36. The summed E-state index contributed by atoms with van der Waals surface area (Å²) in [6.45, 7) is 7.78. The quantitative estimate of drug-likeness (QED) is 0.755. The molecule has 2 heterocycles. The fourth-order valence-corrected chi connectivity index (χ4v) is 3.57. The molecule has 0 radical (unpaired) electrons. The lowest BCUT2D eigenvalue weighted by molar-refractivity contribution is 0.0746. The van der Waals surface area contributed by atoms with Gasteiger partial charge in [0.05, 0.1) is 11.1 Å². The van der Waals surface area contributed by atoms with Gasteiger partial charge in [0.15, 0.2) is 0 Å². The van der Waals surface area contributed by atoms with E-state index in [1.807, 2.05) is 4.90 Å². The van der Waals surface area contributed by atoms with E-state index in [9.17, 15) is 9.59 Å². The summed E-state index contributed by atoms with van der Waals surface area (Å²) in [5.41, 5.74) is 3.37. The third-order valence-electron chi connectivity index (χ3n) is 5.36. The van der Waals surface area contributed by atoms with E-state index in [4.69, 9.17) is 0 Å². The molecule has 0 bridgehead atoms. The molecule has 1 aromatic heterocycles. The maximum absolute atomic E-state index is 13.0. The number of rotatable bonds is 6. The van der Waals surface area contributed by atoms with Crippen LogP contribution in [0.5, 0.6) is 0 Å². The van der Waals surface area contributed by atoms with Crippen LogP contribution in [0.4, 0.5) is 5.69 Å². The minimum Gasteiger partial charge on any atom is -0.368 e. The number of nitrogens with zero attached hydrogens (tertiary/aromatic N) is 4. The number of carbonyl (C=O) groups excluding carboxylic acids is 2. The molecule has 0 aliphatic carbocycles. The fraction of sp³-hybridized carbons (Fsp3) is 0.435. The third-order valence-corrected chi connectivity index (χ3v) is 5.36. The van der Waals surface area contributed by atoms with Crippen molar-refractivity contribution in [2.24, 2.45) is 0 Å². The summed E-state index contributed by atoms with van der Waals surface area (Å²) in [5.74, 6) is -0.155. The predicted molar refractivity (Wildman–Crippen MR) is 115 cm³/mol. The van der Waals surface area contributed by atoms with Crippen molar-refractivity contribution in [3.63, 3.8) is 0 Å². The zero-order chi connectivity index (χ0) is 20.8. The maximum Gasteiger partial charge on any atom is 0.255 e. The van der Waals surface area contributed by atoms with Gasteiger partial charge < -0.3 is 14.7 Å². The molecule has 154 valence electrons. The van der Waals surface area contributed by atoms with Gasteiger partial charge in [0.2, 0.25) is 0 Å². The zero-order valence-electron chi connectivity index (χ0n) is 17.6. The molecule has 1 aliphatic heterocycles. The van der Waals surface area contributed by atoms with Crippen molar-refractivity contribution in [2.75, 3.05) is 44.7 Å². The molecule has 0 unspecified atom stereocenters. The molecule has 1 saturated heterocycles. The Balaban J connectivity index is 1.63. The average molecular weight is 395 g/mol. The predicted octanol–water partition coefficient (Wildman–Crippen LogP) is 3.22. The number of hydrogen-bond donors (Lipinski definition) is 0. The average Bonchev–Trinajstić information content (AvgIpc) is 2.76. The van der Waals surface area contributed by atoms with Crippen LogP contribution in [0.15, 0.2) is 42.7 Å². The standard InChI is InChI=1S/C23H30N4O2/c1-4-5-9-25(3)22(28)19-15-20(17-24-16-19)23(29)27-12-10-26(11-13-27)21-8-6-7-18(2)14-21/h6-8,14-17H,4-5,9-13H2,1-3H3. The summed E-state index contributed by atoms with van der Waals surface area (Å²) in [4.78, 5) is 35.5. The Morgan fingerprint density at radius 1 is 1.07 bits per heavy atom. The number of benzene rings is 1. The van der Waals surface area contributed by atoms with Crippen LogP contribution >= 0.6 is 0 Å². The number of hydrogen-bond acceptors (Lipinski definition) is 4. The van der Waals surface area contributed by atoms with Gasteiger partial charge in [-0.15, -0.1) is 0 Å². The van der Waals surface area contributed by atoms with Gasteiger partial charge in [-0.3, -0.25) is 14.6 Å². The fourth-order valence-electron chi connectivity index (χ4n) is 3.57. The second-order valence-electron chi connectivity index (χ2n) is 7.66. The monoisotopic (exact) mass is 394 g/mol. The molecule has 1 fully saturated rings. The SMILES string of the molecule is CCCCN(C)C(=O)c1cncc(C(=O)N2CCN(c3cccc(C)c3)CC2)c1. The Labute approximate surface area is 173 Å². The van der Waals surface area contributed by atoms with Crippen LogP contribution in [0.2, 0.25) is 0 Å². The number of anilines is 1. The van der Waals surface area contributed by atoms with Gasteiger partial charge in [-0.05, 0) is 37.1 Å². The summed E-state index contributed by atoms with van der Waals surface area (Å²) in [5, 5.41) is 0. The molecule has 3 rings (SSSR count). The topological polar surface area (TPSA) is 56.8 Å². The molecular weight excluding hydrogens is 364 g/mol. The van der Waals surface area contributed by atoms with Gasteiger partial charge in [0, 0.05) is 57.9 Å². The second kappa shape index (κ2) is 9.54. The van der Waals surface area contributed by atoms with Crippen LogP contribution in [0, 0.1) is 6.92 Å². The molecule has 0 atom stereocenters. The van der Waals surface area contributed by atoms with Crippen molar-refractivity contribution in [1.82, 2.24) is 14.8 Å². The minimum atomic E-state index is -0.0927. The van der Waals surface area contributed by atoms with E-state index < -0.39 is 0 Å². The largest absolute Gasteiger partial charge is 0.368 e. The molecule has 6 heteroatoms. The Bertz CT molecular complexity index is 859. The van der Waals surface area contributed by atoms with Gasteiger partial charge in [-0.2, -0.15) is 0 Å². The van der Waals surface area contributed by atoms with Crippen LogP contribution < -0.4 is 4.90 Å². The summed E-state index contributed by atoms with van der Waals surface area (Å²) in [7, 11) is 1.79. The maximum atomic E-state index is 13.0. The minimum absolute atomic E-state index is 0.0627. The van der Waals surface area contributed by atoms with Gasteiger partial charge in [0.25, 0.3) is 11.8 Å². The molecule has 0 spiro atoms. The Hall–Kier alpha value is -2.89. The molecule has 1 aliphatic rings. The highest BCUT2D eigenvalue weighted by Crippen LogP contribution is 2.19. The molecule has 2 aromatic rings. The van der Waals surface area contributed by atoms with Gasteiger partial charge >= 0.3 is 0 Å².